The molecule has 0 atom stereocenters. The van der Waals surface area contributed by atoms with Gasteiger partial charge in [-0.25, -0.2) is 14.5 Å². The highest BCUT2D eigenvalue weighted by molar-refractivity contribution is 7.90. The number of aldehydes is 1. The third-order valence-electron chi connectivity index (χ3n) is 3.47. The van der Waals surface area contributed by atoms with E-state index in [9.17, 15) is 18.0 Å². The molecule has 150 valence electrons. The molecule has 11 nitrogen and oxygen atoms in total. The van der Waals surface area contributed by atoms with Crippen molar-refractivity contribution >= 4 is 33.8 Å². The number of hydrogen-bond donors (Lipinski definition) is 2. The second-order valence-corrected chi connectivity index (χ2v) is 7.15. The Morgan fingerprint density at radius 3 is 2.50 bits per heavy atom. The predicted molar refractivity (Wildman–Crippen MR) is 101 cm³/mol. The van der Waals surface area contributed by atoms with Crippen molar-refractivity contribution in [1.82, 2.24) is 14.7 Å². The molecule has 2 N–H and O–H groups in total. The number of nitrogens with one attached hydrogen (secondary N) is 2. The lowest BCUT2D eigenvalue weighted by Gasteiger charge is -2.16. The summed E-state index contributed by atoms with van der Waals surface area (Å²) in [5.41, 5.74) is 0.166. The monoisotopic (exact) mass is 409 g/mol. The standard InChI is InChI=1S/C16H19N5O6S/c1-21(2)12-5-6-17-15(11(12)9-22)28(24,25)20-16(23)19-13-7-10(26-3)8-14(18-13)27-4/h5-9H,1-4H3,(H2,18,19,20,23). The van der Waals surface area contributed by atoms with E-state index in [0.29, 0.717) is 17.7 Å². The van der Waals surface area contributed by atoms with Crippen molar-refractivity contribution in [3.8, 4) is 11.6 Å². The third kappa shape index (κ3) is 4.65. The molecule has 0 aromatic carbocycles. The number of rotatable bonds is 7. The maximum atomic E-state index is 12.6. The third-order valence-corrected chi connectivity index (χ3v) is 4.76. The Hall–Kier alpha value is -3.41. The summed E-state index contributed by atoms with van der Waals surface area (Å²) in [4.78, 5) is 32.8. The van der Waals surface area contributed by atoms with Crippen LogP contribution in [-0.2, 0) is 10.0 Å². The molecule has 0 saturated carbocycles. The molecule has 2 amide bonds. The van der Waals surface area contributed by atoms with Gasteiger partial charge in [-0.2, -0.15) is 13.4 Å². The molecule has 2 rings (SSSR count). The predicted octanol–water partition coefficient (Wildman–Crippen LogP) is 0.883. The fourth-order valence-corrected chi connectivity index (χ4v) is 3.27. The van der Waals surface area contributed by atoms with E-state index in [4.69, 9.17) is 9.47 Å². The van der Waals surface area contributed by atoms with Gasteiger partial charge in [0.1, 0.15) is 11.6 Å². The van der Waals surface area contributed by atoms with E-state index in [-0.39, 0.29) is 17.3 Å². The molecule has 0 unspecified atom stereocenters. The van der Waals surface area contributed by atoms with Crippen molar-refractivity contribution < 1.29 is 27.5 Å². The van der Waals surface area contributed by atoms with Crippen molar-refractivity contribution in [1.29, 1.82) is 0 Å². The van der Waals surface area contributed by atoms with Gasteiger partial charge in [0.25, 0.3) is 10.0 Å². The van der Waals surface area contributed by atoms with Gasteiger partial charge < -0.3 is 14.4 Å². The minimum Gasteiger partial charge on any atom is -0.496 e. The maximum absolute atomic E-state index is 12.6. The highest BCUT2D eigenvalue weighted by atomic mass is 32.2. The van der Waals surface area contributed by atoms with Gasteiger partial charge in [-0.05, 0) is 6.07 Å². The van der Waals surface area contributed by atoms with Crippen LogP contribution in [0.5, 0.6) is 11.6 Å². The summed E-state index contributed by atoms with van der Waals surface area (Å²) >= 11 is 0. The van der Waals surface area contributed by atoms with Crippen LogP contribution >= 0.6 is 0 Å². The van der Waals surface area contributed by atoms with Crippen LogP contribution in [0.4, 0.5) is 16.3 Å². The van der Waals surface area contributed by atoms with E-state index in [2.05, 4.69) is 15.3 Å². The molecule has 0 aliphatic rings. The average molecular weight is 409 g/mol. The Morgan fingerprint density at radius 1 is 1.21 bits per heavy atom. The van der Waals surface area contributed by atoms with Crippen LogP contribution in [0.2, 0.25) is 0 Å². The van der Waals surface area contributed by atoms with E-state index in [1.807, 2.05) is 0 Å². The molecule has 0 aliphatic heterocycles. The summed E-state index contributed by atoms with van der Waals surface area (Å²) in [5.74, 6) is 0.490. The molecule has 0 radical (unpaired) electrons. The summed E-state index contributed by atoms with van der Waals surface area (Å²) < 4.78 is 36.9. The lowest BCUT2D eigenvalue weighted by molar-refractivity contribution is 0.112. The lowest BCUT2D eigenvalue weighted by Crippen LogP contribution is -2.35. The quantitative estimate of drug-likeness (QED) is 0.638. The highest BCUT2D eigenvalue weighted by Gasteiger charge is 2.25. The zero-order valence-electron chi connectivity index (χ0n) is 15.6. The number of amides is 2. The zero-order chi connectivity index (χ0) is 20.9. The van der Waals surface area contributed by atoms with E-state index >= 15 is 0 Å². The van der Waals surface area contributed by atoms with Crippen LogP contribution in [0.15, 0.2) is 29.4 Å². The summed E-state index contributed by atoms with van der Waals surface area (Å²) in [6, 6.07) is 3.23. The van der Waals surface area contributed by atoms with E-state index < -0.39 is 21.1 Å². The Labute approximate surface area is 161 Å². The molecule has 0 bridgehead atoms. The Balaban J connectivity index is 2.29. The summed E-state index contributed by atoms with van der Waals surface area (Å²) in [6.45, 7) is 0. The molecular formula is C16H19N5O6S. The first-order valence-corrected chi connectivity index (χ1v) is 9.25. The van der Waals surface area contributed by atoms with Crippen LogP contribution < -0.4 is 24.4 Å². The maximum Gasteiger partial charge on any atom is 0.334 e. The molecule has 0 aliphatic carbocycles. The van der Waals surface area contributed by atoms with Crippen molar-refractivity contribution in [2.45, 2.75) is 5.03 Å². The van der Waals surface area contributed by atoms with E-state index in [1.165, 1.54) is 38.6 Å². The fourth-order valence-electron chi connectivity index (χ4n) is 2.24. The largest absolute Gasteiger partial charge is 0.496 e. The number of carbonyl (C=O) groups excluding carboxylic acids is 2. The Bertz CT molecular complexity index is 971. The number of aromatic nitrogens is 2. The SMILES string of the molecule is COc1cc(NC(=O)NS(=O)(=O)c2nccc(N(C)C)c2C=O)nc(OC)c1. The molecule has 0 saturated heterocycles. The smallest absolute Gasteiger partial charge is 0.334 e. The number of pyridine rings is 2. The molecule has 12 heteroatoms. The van der Waals surface area contributed by atoms with E-state index in [1.54, 1.807) is 23.7 Å². The number of sulfonamides is 1. The normalized spacial score (nSPS) is 10.7. The Morgan fingerprint density at radius 2 is 1.93 bits per heavy atom. The topological polar surface area (TPSA) is 140 Å². The van der Waals surface area contributed by atoms with Crippen LogP contribution in [0, 0.1) is 0 Å². The molecule has 2 heterocycles. The van der Waals surface area contributed by atoms with Crippen LogP contribution in [0.25, 0.3) is 0 Å². The van der Waals surface area contributed by atoms with Crippen LogP contribution in [0.3, 0.4) is 0 Å². The van der Waals surface area contributed by atoms with Gasteiger partial charge in [0.15, 0.2) is 11.3 Å². The van der Waals surface area contributed by atoms with E-state index in [0.717, 1.165) is 0 Å². The minimum absolute atomic E-state index is 0.00508. The van der Waals surface area contributed by atoms with Gasteiger partial charge in [-0.3, -0.25) is 10.1 Å². The average Bonchev–Trinajstić information content (AvgIpc) is 2.66. The van der Waals surface area contributed by atoms with Crippen LogP contribution in [0.1, 0.15) is 10.4 Å². The number of nitrogens with zero attached hydrogens (tertiary/aromatic N) is 3. The zero-order valence-corrected chi connectivity index (χ0v) is 16.4. The van der Waals surface area contributed by atoms with Crippen LogP contribution in [-0.4, -0.2) is 59.0 Å². The van der Waals surface area contributed by atoms with Gasteiger partial charge in [0.2, 0.25) is 5.88 Å². The van der Waals surface area contributed by atoms with Crippen molar-refractivity contribution in [3.63, 3.8) is 0 Å². The first-order chi connectivity index (χ1) is 13.2. The molecular weight excluding hydrogens is 390 g/mol. The number of methoxy groups -OCH3 is 2. The second kappa shape index (κ2) is 8.52. The van der Waals surface area contributed by atoms with Crippen molar-refractivity contribution in [2.75, 3.05) is 38.5 Å². The summed E-state index contributed by atoms with van der Waals surface area (Å²) in [6.07, 6.45) is 1.59. The first kappa shape index (κ1) is 20.9. The van der Waals surface area contributed by atoms with Crippen molar-refractivity contribution in [3.05, 3.63) is 30.0 Å². The fraction of sp³-hybridized carbons (Fsp3) is 0.250. The number of carbonyl (C=O) groups is 2. The number of urea groups is 1. The number of hydrogen-bond acceptors (Lipinski definition) is 9. The molecule has 2 aromatic heterocycles. The highest BCUT2D eigenvalue weighted by Crippen LogP contribution is 2.23. The second-order valence-electron chi connectivity index (χ2n) is 5.56. The van der Waals surface area contributed by atoms with Gasteiger partial charge in [-0.15, -0.1) is 0 Å². The van der Waals surface area contributed by atoms with Gasteiger partial charge in [0.05, 0.1) is 25.5 Å². The van der Waals surface area contributed by atoms with Gasteiger partial charge >= 0.3 is 6.03 Å². The summed E-state index contributed by atoms with van der Waals surface area (Å²) in [7, 11) is 1.63. The first-order valence-electron chi connectivity index (χ1n) is 7.77. The molecule has 0 spiro atoms. The molecule has 28 heavy (non-hydrogen) atoms. The minimum atomic E-state index is -4.43. The Kier molecular flexibility index (Phi) is 6.36. The van der Waals surface area contributed by atoms with Crippen molar-refractivity contribution in [2.24, 2.45) is 0 Å². The van der Waals surface area contributed by atoms with Gasteiger partial charge in [-0.1, -0.05) is 0 Å². The lowest BCUT2D eigenvalue weighted by atomic mass is 10.2. The summed E-state index contributed by atoms with van der Waals surface area (Å²) in [5, 5.41) is 1.70. The number of ether oxygens (including phenoxy) is 2. The van der Waals surface area contributed by atoms with Gasteiger partial charge in [0, 0.05) is 32.4 Å². The molecule has 0 fully saturated rings. The molecule has 2 aromatic rings. The number of anilines is 2.